The van der Waals surface area contributed by atoms with Gasteiger partial charge >= 0.3 is 0 Å². The lowest BCUT2D eigenvalue weighted by molar-refractivity contribution is 0.218. The van der Waals surface area contributed by atoms with E-state index in [-0.39, 0.29) is 0 Å². The second-order valence-electron chi connectivity index (χ2n) is 1.43. The van der Waals surface area contributed by atoms with Gasteiger partial charge in [0.05, 0.1) is 6.07 Å². The van der Waals surface area contributed by atoms with Gasteiger partial charge in [-0.15, -0.1) is 0 Å². The molecule has 0 aliphatic carbocycles. The van der Waals surface area contributed by atoms with Gasteiger partial charge in [-0.1, -0.05) is 13.3 Å². The van der Waals surface area contributed by atoms with Gasteiger partial charge < -0.3 is 5.11 Å². The maximum absolute atomic E-state index is 8.50. The van der Waals surface area contributed by atoms with E-state index in [1.165, 1.54) is 0 Å². The van der Waals surface area contributed by atoms with E-state index >= 15 is 0 Å². The van der Waals surface area contributed by atoms with Crippen molar-refractivity contribution in [3.05, 3.63) is 0 Å². The fourth-order valence-electron chi connectivity index (χ4n) is 0.338. The van der Waals surface area contributed by atoms with E-state index in [4.69, 9.17) is 10.4 Å². The summed E-state index contributed by atoms with van der Waals surface area (Å²) >= 11 is 0. The first-order valence-corrected chi connectivity index (χ1v) is 2.39. The van der Waals surface area contributed by atoms with E-state index < -0.39 is 6.10 Å². The maximum Gasteiger partial charge on any atom is 0.140 e. The zero-order valence-electron chi connectivity index (χ0n) is 4.39. The molecule has 0 radical (unpaired) electrons. The molecule has 1 atom stereocenters. The fraction of sp³-hybridized carbons (Fsp3) is 0.800. The van der Waals surface area contributed by atoms with Crippen LogP contribution in [0.15, 0.2) is 0 Å². The van der Waals surface area contributed by atoms with Crippen molar-refractivity contribution in [2.75, 3.05) is 0 Å². The first kappa shape index (κ1) is 6.45. The van der Waals surface area contributed by atoms with Gasteiger partial charge in [0.15, 0.2) is 0 Å². The van der Waals surface area contributed by atoms with Gasteiger partial charge in [0, 0.05) is 0 Å². The molecule has 2 nitrogen and oxygen atoms in total. The van der Waals surface area contributed by atoms with Crippen molar-refractivity contribution < 1.29 is 5.11 Å². The van der Waals surface area contributed by atoms with E-state index in [1.54, 1.807) is 6.07 Å². The molecule has 0 saturated heterocycles. The Balaban J connectivity index is 3.04. The summed E-state index contributed by atoms with van der Waals surface area (Å²) in [5.74, 6) is 0. The Morgan fingerprint density at radius 3 is 2.57 bits per heavy atom. The normalized spacial score (nSPS) is 12.7. The maximum atomic E-state index is 8.50. The molecule has 0 saturated carbocycles. The fourth-order valence-corrected chi connectivity index (χ4v) is 0.338. The molecule has 0 aliphatic rings. The summed E-state index contributed by atoms with van der Waals surface area (Å²) in [5, 5.41) is 16.5. The minimum atomic E-state index is -0.745. The second-order valence-corrected chi connectivity index (χ2v) is 1.43. The number of nitrogens with zero attached hydrogens (tertiary/aromatic N) is 1. The monoisotopic (exact) mass is 99.1 g/mol. The van der Waals surface area contributed by atoms with E-state index in [2.05, 4.69) is 0 Å². The molecule has 0 aliphatic heterocycles. The van der Waals surface area contributed by atoms with Gasteiger partial charge in [0.25, 0.3) is 0 Å². The number of nitriles is 1. The van der Waals surface area contributed by atoms with Crippen molar-refractivity contribution >= 4 is 0 Å². The van der Waals surface area contributed by atoms with Crippen LogP contribution in [0.4, 0.5) is 0 Å². The quantitative estimate of drug-likeness (QED) is 0.517. The molecule has 0 unspecified atom stereocenters. The van der Waals surface area contributed by atoms with E-state index in [0.29, 0.717) is 6.42 Å². The molecule has 0 heterocycles. The van der Waals surface area contributed by atoms with E-state index in [9.17, 15) is 0 Å². The summed E-state index contributed by atoms with van der Waals surface area (Å²) in [7, 11) is 0. The third-order valence-corrected chi connectivity index (χ3v) is 0.711. The standard InChI is InChI=1S/C5H9NO/c1-2-3-5(7)4-6/h5,7H,2-3H2,1H3/t5-/m1/s1. The molecular formula is C5H9NO. The first-order valence-electron chi connectivity index (χ1n) is 2.39. The Bertz CT molecular complexity index is 74.6. The molecular weight excluding hydrogens is 90.1 g/mol. The number of hydrogen-bond donors (Lipinski definition) is 1. The topological polar surface area (TPSA) is 44.0 Å². The van der Waals surface area contributed by atoms with Crippen LogP contribution in [0.1, 0.15) is 19.8 Å². The Hall–Kier alpha value is -0.550. The predicted molar refractivity (Wildman–Crippen MR) is 26.5 cm³/mol. The Morgan fingerprint density at radius 2 is 2.43 bits per heavy atom. The molecule has 0 aromatic rings. The third-order valence-electron chi connectivity index (χ3n) is 0.711. The van der Waals surface area contributed by atoms with Crippen LogP contribution in [0.25, 0.3) is 0 Å². The Morgan fingerprint density at radius 1 is 1.86 bits per heavy atom. The zero-order chi connectivity index (χ0) is 5.70. The Labute approximate surface area is 43.4 Å². The van der Waals surface area contributed by atoms with Crippen LogP contribution in [-0.2, 0) is 0 Å². The molecule has 0 fully saturated rings. The number of hydrogen-bond acceptors (Lipinski definition) is 2. The molecule has 7 heavy (non-hydrogen) atoms. The summed E-state index contributed by atoms with van der Waals surface area (Å²) in [5.41, 5.74) is 0. The first-order chi connectivity index (χ1) is 3.31. The van der Waals surface area contributed by atoms with Crippen LogP contribution < -0.4 is 0 Å². The molecule has 1 N–H and O–H groups in total. The van der Waals surface area contributed by atoms with Crippen molar-refractivity contribution in [1.29, 1.82) is 5.26 Å². The minimum Gasteiger partial charge on any atom is -0.378 e. The molecule has 40 valence electrons. The molecule has 0 amide bonds. The van der Waals surface area contributed by atoms with Crippen molar-refractivity contribution in [1.82, 2.24) is 0 Å². The van der Waals surface area contributed by atoms with Gasteiger partial charge in [-0.05, 0) is 6.42 Å². The van der Waals surface area contributed by atoms with Gasteiger partial charge in [0.1, 0.15) is 6.10 Å². The van der Waals surface area contributed by atoms with Crippen molar-refractivity contribution in [2.24, 2.45) is 0 Å². The van der Waals surface area contributed by atoms with Crippen molar-refractivity contribution in [2.45, 2.75) is 25.9 Å². The summed E-state index contributed by atoms with van der Waals surface area (Å²) in [4.78, 5) is 0. The smallest absolute Gasteiger partial charge is 0.140 e. The second kappa shape index (κ2) is 3.63. The number of rotatable bonds is 2. The van der Waals surface area contributed by atoms with Crippen LogP contribution in [0.5, 0.6) is 0 Å². The third kappa shape index (κ3) is 3.28. The average molecular weight is 99.1 g/mol. The van der Waals surface area contributed by atoms with Gasteiger partial charge in [-0.2, -0.15) is 5.26 Å². The van der Waals surface area contributed by atoms with Crippen molar-refractivity contribution in [3.63, 3.8) is 0 Å². The van der Waals surface area contributed by atoms with E-state index in [0.717, 1.165) is 6.42 Å². The highest BCUT2D eigenvalue weighted by atomic mass is 16.3. The Kier molecular flexibility index (Phi) is 3.35. The van der Waals surface area contributed by atoms with Crippen LogP contribution in [0.2, 0.25) is 0 Å². The molecule has 0 bridgehead atoms. The lowest BCUT2D eigenvalue weighted by atomic mass is 10.2. The van der Waals surface area contributed by atoms with Gasteiger partial charge in [-0.3, -0.25) is 0 Å². The number of aliphatic hydroxyl groups is 1. The minimum absolute atomic E-state index is 0.594. The highest BCUT2D eigenvalue weighted by molar-refractivity contribution is 4.80. The summed E-state index contributed by atoms with van der Waals surface area (Å²) in [6.07, 6.45) is 0.718. The summed E-state index contributed by atoms with van der Waals surface area (Å²) in [6, 6.07) is 1.72. The summed E-state index contributed by atoms with van der Waals surface area (Å²) in [6.45, 7) is 1.93. The lowest BCUT2D eigenvalue weighted by Crippen LogP contribution is -1.99. The molecule has 0 rings (SSSR count). The highest BCUT2D eigenvalue weighted by Gasteiger charge is 1.94. The zero-order valence-corrected chi connectivity index (χ0v) is 4.39. The average Bonchev–Trinajstić information content (AvgIpc) is 1.68. The molecule has 0 spiro atoms. The SMILES string of the molecule is CCC[C@@H](O)C#N. The molecule has 0 aromatic carbocycles. The summed E-state index contributed by atoms with van der Waals surface area (Å²) < 4.78 is 0. The van der Waals surface area contributed by atoms with Gasteiger partial charge in [0.2, 0.25) is 0 Å². The lowest BCUT2D eigenvalue weighted by Gasteiger charge is -1.92. The van der Waals surface area contributed by atoms with Gasteiger partial charge in [-0.25, -0.2) is 0 Å². The molecule has 2 heteroatoms. The largest absolute Gasteiger partial charge is 0.378 e. The predicted octanol–water partition coefficient (Wildman–Crippen LogP) is 0.671. The molecule has 0 aromatic heterocycles. The van der Waals surface area contributed by atoms with E-state index in [1.807, 2.05) is 6.92 Å². The number of aliphatic hydroxyl groups excluding tert-OH is 1. The van der Waals surface area contributed by atoms with Crippen molar-refractivity contribution in [3.8, 4) is 6.07 Å². The van der Waals surface area contributed by atoms with Crippen LogP contribution in [-0.4, -0.2) is 11.2 Å². The van der Waals surface area contributed by atoms with Crippen LogP contribution in [0.3, 0.4) is 0 Å². The van der Waals surface area contributed by atoms with Crippen LogP contribution in [0, 0.1) is 11.3 Å². The highest BCUT2D eigenvalue weighted by Crippen LogP contribution is 1.91. The van der Waals surface area contributed by atoms with Crippen LogP contribution >= 0.6 is 0 Å².